The lowest BCUT2D eigenvalue weighted by Crippen LogP contribution is -2.46. The van der Waals surface area contributed by atoms with Gasteiger partial charge in [0.1, 0.15) is 5.82 Å². The van der Waals surface area contributed by atoms with Gasteiger partial charge in [0.15, 0.2) is 0 Å². The standard InChI is InChI=1S/C15H23FN2/c1-2-3-8-18-10-13(9-15(17)11-18)12-4-6-14(16)7-5-12/h4-7,13,15H,2-3,8-11,17H2,1H3. The van der Waals surface area contributed by atoms with Crippen LogP contribution in [0.4, 0.5) is 4.39 Å². The van der Waals surface area contributed by atoms with Crippen LogP contribution in [0.15, 0.2) is 24.3 Å². The summed E-state index contributed by atoms with van der Waals surface area (Å²) in [5, 5.41) is 0. The van der Waals surface area contributed by atoms with E-state index in [-0.39, 0.29) is 11.9 Å². The minimum atomic E-state index is -0.165. The predicted molar refractivity (Wildman–Crippen MR) is 73.1 cm³/mol. The van der Waals surface area contributed by atoms with E-state index in [1.54, 1.807) is 12.1 Å². The highest BCUT2D eigenvalue weighted by atomic mass is 19.1. The Kier molecular flexibility index (Phi) is 4.72. The summed E-state index contributed by atoms with van der Waals surface area (Å²) in [6.07, 6.45) is 3.45. The first-order valence-electron chi connectivity index (χ1n) is 6.92. The van der Waals surface area contributed by atoms with Crippen LogP contribution in [-0.4, -0.2) is 30.6 Å². The normalized spacial score (nSPS) is 25.3. The van der Waals surface area contributed by atoms with Crippen LogP contribution < -0.4 is 5.73 Å². The molecular formula is C15H23FN2. The average molecular weight is 250 g/mol. The van der Waals surface area contributed by atoms with E-state index in [1.165, 1.54) is 18.4 Å². The van der Waals surface area contributed by atoms with Gasteiger partial charge < -0.3 is 10.6 Å². The lowest BCUT2D eigenvalue weighted by Gasteiger charge is -2.36. The van der Waals surface area contributed by atoms with Crippen LogP contribution in [-0.2, 0) is 0 Å². The van der Waals surface area contributed by atoms with Gasteiger partial charge in [-0.15, -0.1) is 0 Å². The number of rotatable bonds is 4. The maximum atomic E-state index is 12.9. The number of halogens is 1. The summed E-state index contributed by atoms with van der Waals surface area (Å²) in [5.41, 5.74) is 7.35. The summed E-state index contributed by atoms with van der Waals surface area (Å²) in [7, 11) is 0. The van der Waals surface area contributed by atoms with Gasteiger partial charge in [0.05, 0.1) is 0 Å². The predicted octanol–water partition coefficient (Wildman–Crippen LogP) is 2.74. The molecule has 0 aliphatic carbocycles. The number of benzene rings is 1. The highest BCUT2D eigenvalue weighted by molar-refractivity contribution is 5.21. The van der Waals surface area contributed by atoms with Gasteiger partial charge in [0, 0.05) is 19.1 Å². The van der Waals surface area contributed by atoms with E-state index in [0.717, 1.165) is 26.1 Å². The molecule has 1 heterocycles. The monoisotopic (exact) mass is 250 g/mol. The molecule has 2 N–H and O–H groups in total. The minimum absolute atomic E-state index is 0.165. The van der Waals surface area contributed by atoms with Crippen molar-refractivity contribution in [2.24, 2.45) is 5.73 Å². The number of unbranched alkanes of at least 4 members (excludes halogenated alkanes) is 1. The lowest BCUT2D eigenvalue weighted by atomic mass is 9.88. The van der Waals surface area contributed by atoms with Gasteiger partial charge in [-0.25, -0.2) is 4.39 Å². The lowest BCUT2D eigenvalue weighted by molar-refractivity contribution is 0.186. The van der Waals surface area contributed by atoms with Crippen molar-refractivity contribution in [1.29, 1.82) is 0 Å². The van der Waals surface area contributed by atoms with E-state index in [0.29, 0.717) is 5.92 Å². The Hall–Kier alpha value is -0.930. The smallest absolute Gasteiger partial charge is 0.123 e. The zero-order chi connectivity index (χ0) is 13.0. The van der Waals surface area contributed by atoms with Crippen LogP contribution >= 0.6 is 0 Å². The van der Waals surface area contributed by atoms with Crippen molar-refractivity contribution >= 4 is 0 Å². The molecule has 0 saturated carbocycles. The molecule has 1 aliphatic heterocycles. The Labute approximate surface area is 109 Å². The Balaban J connectivity index is 2.01. The first-order chi connectivity index (χ1) is 8.69. The van der Waals surface area contributed by atoms with Gasteiger partial charge in [0.25, 0.3) is 0 Å². The molecule has 2 unspecified atom stereocenters. The van der Waals surface area contributed by atoms with E-state index in [1.807, 2.05) is 12.1 Å². The molecule has 1 aromatic carbocycles. The van der Waals surface area contributed by atoms with Crippen molar-refractivity contribution in [1.82, 2.24) is 4.90 Å². The molecule has 1 saturated heterocycles. The molecule has 100 valence electrons. The topological polar surface area (TPSA) is 29.3 Å². The number of hydrogen-bond acceptors (Lipinski definition) is 2. The zero-order valence-corrected chi connectivity index (χ0v) is 11.1. The maximum Gasteiger partial charge on any atom is 0.123 e. The SMILES string of the molecule is CCCCN1CC(N)CC(c2ccc(F)cc2)C1. The summed E-state index contributed by atoms with van der Waals surface area (Å²) >= 11 is 0. The van der Waals surface area contributed by atoms with Crippen molar-refractivity contribution in [2.75, 3.05) is 19.6 Å². The summed E-state index contributed by atoms with van der Waals surface area (Å²) in [6, 6.07) is 7.13. The van der Waals surface area contributed by atoms with Gasteiger partial charge in [-0.2, -0.15) is 0 Å². The van der Waals surface area contributed by atoms with Crippen LogP contribution in [0.5, 0.6) is 0 Å². The second-order valence-electron chi connectivity index (χ2n) is 5.36. The fourth-order valence-electron chi connectivity index (χ4n) is 2.77. The van der Waals surface area contributed by atoms with Gasteiger partial charge in [-0.1, -0.05) is 25.5 Å². The maximum absolute atomic E-state index is 12.9. The van der Waals surface area contributed by atoms with Crippen LogP contribution in [0.3, 0.4) is 0 Å². The zero-order valence-electron chi connectivity index (χ0n) is 11.1. The minimum Gasteiger partial charge on any atom is -0.327 e. The van der Waals surface area contributed by atoms with Crippen LogP contribution in [0.25, 0.3) is 0 Å². The molecule has 0 spiro atoms. The van der Waals surface area contributed by atoms with Crippen molar-refractivity contribution in [2.45, 2.75) is 38.1 Å². The van der Waals surface area contributed by atoms with Crippen LogP contribution in [0.1, 0.15) is 37.7 Å². The van der Waals surface area contributed by atoms with E-state index in [9.17, 15) is 4.39 Å². The summed E-state index contributed by atoms with van der Waals surface area (Å²) < 4.78 is 12.9. The van der Waals surface area contributed by atoms with E-state index in [2.05, 4.69) is 11.8 Å². The third-order valence-corrected chi connectivity index (χ3v) is 3.73. The highest BCUT2D eigenvalue weighted by Crippen LogP contribution is 2.26. The molecule has 0 aromatic heterocycles. The molecule has 0 bridgehead atoms. The fraction of sp³-hybridized carbons (Fsp3) is 0.600. The molecule has 1 aromatic rings. The van der Waals surface area contributed by atoms with E-state index in [4.69, 9.17) is 5.73 Å². The van der Waals surface area contributed by atoms with Crippen molar-refractivity contribution in [3.63, 3.8) is 0 Å². The van der Waals surface area contributed by atoms with Crippen LogP contribution in [0, 0.1) is 5.82 Å². The number of nitrogens with zero attached hydrogens (tertiary/aromatic N) is 1. The quantitative estimate of drug-likeness (QED) is 0.890. The first kappa shape index (κ1) is 13.5. The third-order valence-electron chi connectivity index (χ3n) is 3.73. The second kappa shape index (κ2) is 6.30. The highest BCUT2D eigenvalue weighted by Gasteiger charge is 2.25. The molecular weight excluding hydrogens is 227 g/mol. The summed E-state index contributed by atoms with van der Waals surface area (Å²) in [4.78, 5) is 2.45. The molecule has 2 atom stereocenters. The van der Waals surface area contributed by atoms with Gasteiger partial charge in [-0.05, 0) is 43.0 Å². The number of likely N-dealkylation sites (tertiary alicyclic amines) is 1. The van der Waals surface area contributed by atoms with E-state index < -0.39 is 0 Å². The first-order valence-corrected chi connectivity index (χ1v) is 6.92. The second-order valence-corrected chi connectivity index (χ2v) is 5.36. The van der Waals surface area contributed by atoms with Crippen molar-refractivity contribution in [3.05, 3.63) is 35.6 Å². The summed E-state index contributed by atoms with van der Waals surface area (Å²) in [5.74, 6) is 0.285. The van der Waals surface area contributed by atoms with Gasteiger partial charge in [0.2, 0.25) is 0 Å². The molecule has 2 nitrogen and oxygen atoms in total. The Morgan fingerprint density at radius 2 is 2.00 bits per heavy atom. The third kappa shape index (κ3) is 3.53. The van der Waals surface area contributed by atoms with Crippen molar-refractivity contribution in [3.8, 4) is 0 Å². The Morgan fingerprint density at radius 1 is 1.28 bits per heavy atom. The molecule has 1 aliphatic rings. The van der Waals surface area contributed by atoms with Gasteiger partial charge in [-0.3, -0.25) is 0 Å². The average Bonchev–Trinajstić information content (AvgIpc) is 2.36. The van der Waals surface area contributed by atoms with Crippen molar-refractivity contribution < 1.29 is 4.39 Å². The van der Waals surface area contributed by atoms with Crippen LogP contribution in [0.2, 0.25) is 0 Å². The van der Waals surface area contributed by atoms with Gasteiger partial charge >= 0.3 is 0 Å². The Bertz CT molecular complexity index is 363. The molecule has 0 radical (unpaired) electrons. The molecule has 1 fully saturated rings. The number of hydrogen-bond donors (Lipinski definition) is 1. The number of nitrogens with two attached hydrogens (primary N) is 1. The number of piperidine rings is 1. The molecule has 0 amide bonds. The largest absolute Gasteiger partial charge is 0.327 e. The molecule has 2 rings (SSSR count). The Morgan fingerprint density at radius 3 is 2.67 bits per heavy atom. The molecule has 3 heteroatoms. The molecule has 18 heavy (non-hydrogen) atoms. The van der Waals surface area contributed by atoms with E-state index >= 15 is 0 Å². The summed E-state index contributed by atoms with van der Waals surface area (Å²) in [6.45, 7) is 5.39. The fourth-order valence-corrected chi connectivity index (χ4v) is 2.77.